The Balaban J connectivity index is 2.16. The molecule has 0 radical (unpaired) electrons. The molecule has 18 heavy (non-hydrogen) atoms. The van der Waals surface area contributed by atoms with Crippen LogP contribution >= 0.6 is 0 Å². The molecule has 2 heteroatoms. The van der Waals surface area contributed by atoms with E-state index < -0.39 is 0 Å². The van der Waals surface area contributed by atoms with E-state index in [0.29, 0.717) is 0 Å². The van der Waals surface area contributed by atoms with Gasteiger partial charge in [-0.05, 0) is 76.7 Å². The monoisotopic (exact) mass is 248 g/mol. The van der Waals surface area contributed by atoms with Crippen LogP contribution in [0, 0.1) is 13.8 Å². The molecule has 0 aromatic heterocycles. The molecule has 0 aliphatic heterocycles. The van der Waals surface area contributed by atoms with Crippen LogP contribution in [0.15, 0.2) is 18.2 Å². The Kier molecular flexibility index (Phi) is 5.83. The van der Waals surface area contributed by atoms with Crippen molar-refractivity contribution in [2.24, 2.45) is 5.73 Å². The van der Waals surface area contributed by atoms with Crippen LogP contribution in [-0.4, -0.2) is 18.6 Å². The van der Waals surface area contributed by atoms with Gasteiger partial charge in [0, 0.05) is 5.54 Å². The van der Waals surface area contributed by atoms with Crippen molar-refractivity contribution >= 4 is 0 Å². The van der Waals surface area contributed by atoms with Gasteiger partial charge in [-0.15, -0.1) is 0 Å². The quantitative estimate of drug-likeness (QED) is 0.728. The number of hydrogen-bond donors (Lipinski definition) is 2. The standard InChI is InChI=1S/C16H28N2/c1-13-6-7-15(12-14(13)2)8-11-18-10-5-9-16(3,4)17/h6-7,12,18H,5,8-11,17H2,1-4H3. The summed E-state index contributed by atoms with van der Waals surface area (Å²) >= 11 is 0. The zero-order valence-corrected chi connectivity index (χ0v) is 12.3. The number of nitrogens with one attached hydrogen (secondary N) is 1. The third kappa shape index (κ3) is 6.18. The molecule has 2 nitrogen and oxygen atoms in total. The zero-order valence-electron chi connectivity index (χ0n) is 12.3. The second-order valence-corrected chi connectivity index (χ2v) is 6.01. The van der Waals surface area contributed by atoms with E-state index in [-0.39, 0.29) is 5.54 Å². The Morgan fingerprint density at radius 2 is 1.83 bits per heavy atom. The van der Waals surface area contributed by atoms with Gasteiger partial charge < -0.3 is 11.1 Å². The Hall–Kier alpha value is -0.860. The van der Waals surface area contributed by atoms with Crippen LogP contribution in [0.1, 0.15) is 43.4 Å². The fourth-order valence-electron chi connectivity index (χ4n) is 1.99. The summed E-state index contributed by atoms with van der Waals surface area (Å²) in [5.74, 6) is 0. The zero-order chi connectivity index (χ0) is 13.6. The van der Waals surface area contributed by atoms with E-state index in [2.05, 4.69) is 51.2 Å². The molecular formula is C16H28N2. The minimum absolute atomic E-state index is 0.0320. The lowest BCUT2D eigenvalue weighted by molar-refractivity contribution is 0.449. The summed E-state index contributed by atoms with van der Waals surface area (Å²) in [7, 11) is 0. The van der Waals surface area contributed by atoms with E-state index in [0.717, 1.165) is 32.4 Å². The normalized spacial score (nSPS) is 11.8. The van der Waals surface area contributed by atoms with Gasteiger partial charge in [0.1, 0.15) is 0 Å². The molecular weight excluding hydrogens is 220 g/mol. The van der Waals surface area contributed by atoms with E-state index in [1.807, 2.05) is 0 Å². The van der Waals surface area contributed by atoms with Crippen molar-refractivity contribution in [2.75, 3.05) is 13.1 Å². The summed E-state index contributed by atoms with van der Waals surface area (Å²) in [5.41, 5.74) is 10.1. The number of aryl methyl sites for hydroxylation is 2. The van der Waals surface area contributed by atoms with E-state index in [4.69, 9.17) is 5.73 Å². The van der Waals surface area contributed by atoms with E-state index in [1.54, 1.807) is 0 Å². The van der Waals surface area contributed by atoms with Crippen LogP contribution in [0.3, 0.4) is 0 Å². The average Bonchev–Trinajstić information content (AvgIpc) is 2.26. The van der Waals surface area contributed by atoms with Crippen LogP contribution in [0.5, 0.6) is 0 Å². The third-order valence-corrected chi connectivity index (χ3v) is 3.34. The largest absolute Gasteiger partial charge is 0.326 e. The first-order valence-electron chi connectivity index (χ1n) is 6.94. The number of hydrogen-bond acceptors (Lipinski definition) is 2. The van der Waals surface area contributed by atoms with Crippen molar-refractivity contribution in [2.45, 2.75) is 52.5 Å². The van der Waals surface area contributed by atoms with Gasteiger partial charge in [-0.2, -0.15) is 0 Å². The molecule has 0 saturated carbocycles. The van der Waals surface area contributed by atoms with Gasteiger partial charge in [-0.1, -0.05) is 18.2 Å². The average molecular weight is 248 g/mol. The minimum Gasteiger partial charge on any atom is -0.326 e. The maximum absolute atomic E-state index is 5.94. The summed E-state index contributed by atoms with van der Waals surface area (Å²) in [6.07, 6.45) is 3.33. The van der Waals surface area contributed by atoms with Crippen molar-refractivity contribution in [3.63, 3.8) is 0 Å². The summed E-state index contributed by atoms with van der Waals surface area (Å²) in [6.45, 7) is 10.6. The molecule has 102 valence electrons. The fraction of sp³-hybridized carbons (Fsp3) is 0.625. The third-order valence-electron chi connectivity index (χ3n) is 3.34. The Labute approximate surface area is 112 Å². The molecule has 0 fully saturated rings. The SMILES string of the molecule is Cc1ccc(CCNCCCC(C)(C)N)cc1C. The Morgan fingerprint density at radius 1 is 1.11 bits per heavy atom. The molecule has 1 aromatic rings. The molecule has 0 saturated heterocycles. The highest BCUT2D eigenvalue weighted by Gasteiger charge is 2.08. The highest BCUT2D eigenvalue weighted by molar-refractivity contribution is 5.29. The van der Waals surface area contributed by atoms with Gasteiger partial charge >= 0.3 is 0 Å². The molecule has 1 rings (SSSR count). The van der Waals surface area contributed by atoms with Crippen LogP contribution < -0.4 is 11.1 Å². The van der Waals surface area contributed by atoms with Gasteiger partial charge in [-0.3, -0.25) is 0 Å². The summed E-state index contributed by atoms with van der Waals surface area (Å²) in [4.78, 5) is 0. The number of nitrogens with two attached hydrogens (primary N) is 1. The lowest BCUT2D eigenvalue weighted by Gasteiger charge is -2.18. The lowest BCUT2D eigenvalue weighted by atomic mass is 10.0. The summed E-state index contributed by atoms with van der Waals surface area (Å²) < 4.78 is 0. The summed E-state index contributed by atoms with van der Waals surface area (Å²) in [5, 5.41) is 3.48. The first kappa shape index (κ1) is 15.2. The Bertz CT molecular complexity index is 364. The number of benzene rings is 1. The van der Waals surface area contributed by atoms with Crippen molar-refractivity contribution in [1.29, 1.82) is 0 Å². The van der Waals surface area contributed by atoms with E-state index in [1.165, 1.54) is 16.7 Å². The van der Waals surface area contributed by atoms with Crippen LogP contribution in [0.4, 0.5) is 0 Å². The van der Waals surface area contributed by atoms with Gasteiger partial charge in [0.25, 0.3) is 0 Å². The van der Waals surface area contributed by atoms with Gasteiger partial charge in [0.2, 0.25) is 0 Å². The van der Waals surface area contributed by atoms with Gasteiger partial charge in [0.05, 0.1) is 0 Å². The summed E-state index contributed by atoms with van der Waals surface area (Å²) in [6, 6.07) is 6.73. The van der Waals surface area contributed by atoms with E-state index in [9.17, 15) is 0 Å². The maximum Gasteiger partial charge on any atom is 0.00975 e. The molecule has 1 aromatic carbocycles. The predicted octanol–water partition coefficient (Wildman–Crippen LogP) is 2.95. The van der Waals surface area contributed by atoms with Crippen LogP contribution in [-0.2, 0) is 6.42 Å². The molecule has 0 spiro atoms. The van der Waals surface area contributed by atoms with Crippen molar-refractivity contribution < 1.29 is 0 Å². The molecule has 0 bridgehead atoms. The van der Waals surface area contributed by atoms with Crippen molar-refractivity contribution in [1.82, 2.24) is 5.32 Å². The first-order valence-corrected chi connectivity index (χ1v) is 6.94. The smallest absolute Gasteiger partial charge is 0.00975 e. The van der Waals surface area contributed by atoms with Crippen LogP contribution in [0.25, 0.3) is 0 Å². The molecule has 0 heterocycles. The molecule has 0 aliphatic carbocycles. The predicted molar refractivity (Wildman–Crippen MR) is 80.0 cm³/mol. The lowest BCUT2D eigenvalue weighted by Crippen LogP contribution is -2.33. The van der Waals surface area contributed by atoms with Crippen molar-refractivity contribution in [3.8, 4) is 0 Å². The number of rotatable bonds is 7. The highest BCUT2D eigenvalue weighted by Crippen LogP contribution is 2.10. The molecule has 3 N–H and O–H groups in total. The second-order valence-electron chi connectivity index (χ2n) is 6.01. The fourth-order valence-corrected chi connectivity index (χ4v) is 1.99. The highest BCUT2D eigenvalue weighted by atomic mass is 14.8. The van der Waals surface area contributed by atoms with Crippen LogP contribution in [0.2, 0.25) is 0 Å². The van der Waals surface area contributed by atoms with E-state index >= 15 is 0 Å². The topological polar surface area (TPSA) is 38.0 Å². The maximum atomic E-state index is 5.94. The first-order chi connectivity index (χ1) is 8.38. The van der Waals surface area contributed by atoms with Gasteiger partial charge in [-0.25, -0.2) is 0 Å². The minimum atomic E-state index is -0.0320. The Morgan fingerprint density at radius 3 is 2.44 bits per heavy atom. The van der Waals surface area contributed by atoms with Crippen molar-refractivity contribution in [3.05, 3.63) is 34.9 Å². The second kappa shape index (κ2) is 6.91. The molecule has 0 aliphatic rings. The van der Waals surface area contributed by atoms with Gasteiger partial charge in [0.15, 0.2) is 0 Å². The molecule has 0 amide bonds. The molecule has 0 atom stereocenters. The molecule has 0 unspecified atom stereocenters.